The van der Waals surface area contributed by atoms with E-state index in [1.165, 1.54) is 61.4 Å². The molecule has 12 aromatic heterocycles. The monoisotopic (exact) mass is 1210 g/mol. The molecule has 0 radical (unpaired) electrons. The van der Waals surface area contributed by atoms with Crippen LogP contribution in [0.15, 0.2) is 184 Å². The van der Waals surface area contributed by atoms with Crippen molar-refractivity contribution in [3.05, 3.63) is 257 Å². The number of para-hydroxylation sites is 4. The molecule has 91 heavy (non-hydrogen) atoms. The van der Waals surface area contributed by atoms with E-state index in [2.05, 4.69) is 209 Å². The van der Waals surface area contributed by atoms with E-state index in [0.717, 1.165) is 79.0 Å². The van der Waals surface area contributed by atoms with Crippen LogP contribution < -0.4 is 0 Å². The minimum Gasteiger partial charge on any atom is -0.357 e. The molecule has 0 spiro atoms. The summed E-state index contributed by atoms with van der Waals surface area (Å²) < 4.78 is 16.6. The van der Waals surface area contributed by atoms with E-state index in [1.54, 1.807) is 31.0 Å². The van der Waals surface area contributed by atoms with Crippen LogP contribution in [0, 0.1) is 90.0 Å². The molecule has 0 unspecified atom stereocenters. The molecule has 468 valence electrons. The highest BCUT2D eigenvalue weighted by molar-refractivity contribution is 5.77. The molecule has 15 rings (SSSR count). The van der Waals surface area contributed by atoms with Gasteiger partial charge in [0, 0.05) is 110 Å². The summed E-state index contributed by atoms with van der Waals surface area (Å²) in [6, 6.07) is 36.6. The van der Waals surface area contributed by atoms with Crippen LogP contribution in [0.1, 0.15) is 73.6 Å². The lowest BCUT2D eigenvalue weighted by Gasteiger charge is -2.10. The second-order valence-corrected chi connectivity index (χ2v) is 22.9. The van der Waals surface area contributed by atoms with Crippen LogP contribution in [0.3, 0.4) is 0 Å². The van der Waals surface area contributed by atoms with Crippen molar-refractivity contribution < 1.29 is 0 Å². The molecule has 0 N–H and O–H groups in total. The first-order chi connectivity index (χ1) is 43.5. The van der Waals surface area contributed by atoms with Crippen molar-refractivity contribution >= 4 is 55.4 Å². The summed E-state index contributed by atoms with van der Waals surface area (Å²) in [5, 5.41) is 0. The average Bonchev–Trinajstić information content (AvgIpc) is 2.75. The van der Waals surface area contributed by atoms with Crippen molar-refractivity contribution in [3.63, 3.8) is 0 Å². The summed E-state index contributed by atoms with van der Waals surface area (Å²) in [6.07, 6.45) is 23.6. The lowest BCUT2D eigenvalue weighted by molar-refractivity contribution is 0.874. The Morgan fingerprint density at radius 2 is 0.714 bits per heavy atom. The average molecular weight is 1210 g/mol. The number of hydrogen-bond donors (Lipinski definition) is 0. The molecule has 0 aliphatic heterocycles. The van der Waals surface area contributed by atoms with Gasteiger partial charge in [0.1, 0.15) is 40.2 Å². The van der Waals surface area contributed by atoms with Gasteiger partial charge in [-0.1, -0.05) is 48.5 Å². The molecule has 17 heteroatoms. The van der Waals surface area contributed by atoms with Crippen molar-refractivity contribution in [1.82, 2.24) is 81.4 Å². The molecule has 0 aliphatic carbocycles. The molecule has 0 bridgehead atoms. The van der Waals surface area contributed by atoms with Gasteiger partial charge in [-0.3, -0.25) is 9.97 Å². The molecule has 3 aromatic carbocycles. The number of fused-ring (bicyclic) bond motifs is 5. The van der Waals surface area contributed by atoms with Gasteiger partial charge in [0.25, 0.3) is 0 Å². The summed E-state index contributed by atoms with van der Waals surface area (Å²) in [5.74, 6) is 5.10. The van der Waals surface area contributed by atoms with E-state index in [0.29, 0.717) is 0 Å². The first-order valence-electron chi connectivity index (χ1n) is 30.3. The smallest absolute Gasteiger partial charge is 0.177 e. The molecule has 0 atom stereocenters. The lowest BCUT2D eigenvalue weighted by Crippen LogP contribution is -1.96. The Labute approximate surface area is 535 Å². The molecule has 0 saturated heterocycles. The van der Waals surface area contributed by atoms with E-state index >= 15 is 0 Å². The van der Waals surface area contributed by atoms with Gasteiger partial charge in [0.05, 0.1) is 51.2 Å². The second kappa shape index (κ2) is 30.1. The number of aryl methyl sites for hydroxylation is 19. The highest BCUT2D eigenvalue weighted by Crippen LogP contribution is 2.22. The van der Waals surface area contributed by atoms with Crippen molar-refractivity contribution in [2.75, 3.05) is 0 Å². The van der Waals surface area contributed by atoms with Crippen LogP contribution in [0.5, 0.6) is 0 Å². The SMILES string of the molecule is Cc1cn(-c2c(C)cccc2C)cc1C.Cc1cn(-c2ccccc2)cc1C.Cc1cn(C)cc1C.Cc1nc2ccccc2n1C.Cc1nc2cccnc2n1C.Cc1nc2ccncc2n1C.Cc1nc2cnccc2n1C.Cc1nc2ncccc2n1C. The van der Waals surface area contributed by atoms with E-state index in [9.17, 15) is 0 Å². The highest BCUT2D eigenvalue weighted by atomic mass is 15.1. The third-order valence-corrected chi connectivity index (χ3v) is 16.3. The predicted molar refractivity (Wildman–Crippen MR) is 373 cm³/mol. The zero-order valence-corrected chi connectivity index (χ0v) is 56.4. The summed E-state index contributed by atoms with van der Waals surface area (Å²) in [6.45, 7) is 27.1. The van der Waals surface area contributed by atoms with Gasteiger partial charge in [0.2, 0.25) is 0 Å². The lowest BCUT2D eigenvalue weighted by atomic mass is 10.1. The maximum absolute atomic E-state index is 4.38. The van der Waals surface area contributed by atoms with Crippen molar-refractivity contribution in [2.24, 2.45) is 42.3 Å². The van der Waals surface area contributed by atoms with Gasteiger partial charge >= 0.3 is 0 Å². The summed E-state index contributed by atoms with van der Waals surface area (Å²) >= 11 is 0. The number of benzene rings is 3. The Kier molecular flexibility index (Phi) is 22.0. The Morgan fingerprint density at radius 1 is 0.286 bits per heavy atom. The molecular weight excluding hydrogens is 1130 g/mol. The van der Waals surface area contributed by atoms with Gasteiger partial charge in [0.15, 0.2) is 11.3 Å². The highest BCUT2D eigenvalue weighted by Gasteiger charge is 2.08. The molecular formula is C74H87N17. The van der Waals surface area contributed by atoms with Gasteiger partial charge in [-0.05, 0) is 195 Å². The normalized spacial score (nSPS) is 10.6. The number of imidazole rings is 5. The van der Waals surface area contributed by atoms with Gasteiger partial charge in [-0.2, -0.15) is 0 Å². The first-order valence-corrected chi connectivity index (χ1v) is 30.3. The minimum absolute atomic E-state index is 0.826. The molecule has 17 nitrogen and oxygen atoms in total. The zero-order valence-electron chi connectivity index (χ0n) is 56.4. The van der Waals surface area contributed by atoms with Crippen molar-refractivity contribution in [1.29, 1.82) is 0 Å². The standard InChI is InChI=1S/C14H17N.C12H13N.C9H10N2.4C8H9N3.C7H11N/c1-10-6-5-7-11(2)14(10)15-8-12(3)13(4)9-15;1-10-8-13(9-11(10)2)12-6-4-3-5-7-12;1-7-10-8-5-3-4-6-9(8)11(7)2;1-6-10-7-5-9-4-3-8(7)11(6)2;1-6-10-7-3-4-9-5-8(7)11(6)2;1-6-10-8-7(11(6)2)4-3-5-9-8;1-6-10-7-4-3-5-9-8(7)11(6)2;1-6-4-8(3)5-7(6)2/h5-9H,1-4H3;3-9H,1-2H3;3-6H,1-2H3;4*3-5H,1-2H3;4-5H,1-3H3. The largest absolute Gasteiger partial charge is 0.357 e. The third kappa shape index (κ3) is 16.4. The molecule has 0 fully saturated rings. The van der Waals surface area contributed by atoms with Crippen LogP contribution in [-0.2, 0) is 42.3 Å². The van der Waals surface area contributed by atoms with Crippen LogP contribution in [0.4, 0.5) is 0 Å². The Morgan fingerprint density at radius 3 is 1.26 bits per heavy atom. The maximum atomic E-state index is 4.38. The van der Waals surface area contributed by atoms with Crippen molar-refractivity contribution in [3.8, 4) is 11.4 Å². The minimum atomic E-state index is 0.826. The summed E-state index contributed by atoms with van der Waals surface area (Å²) in [7, 11) is 12.0. The molecule has 15 aromatic rings. The van der Waals surface area contributed by atoms with E-state index in [-0.39, 0.29) is 0 Å². The van der Waals surface area contributed by atoms with Crippen LogP contribution in [-0.4, -0.2) is 81.4 Å². The molecule has 0 saturated carbocycles. The summed E-state index contributed by atoms with van der Waals surface area (Å²) in [4.78, 5) is 38.0. The quantitative estimate of drug-likeness (QED) is 0.164. The van der Waals surface area contributed by atoms with Crippen LogP contribution in [0.25, 0.3) is 66.8 Å². The number of aromatic nitrogens is 17. The topological polar surface area (TPSA) is 155 Å². The van der Waals surface area contributed by atoms with Crippen LogP contribution in [0.2, 0.25) is 0 Å². The molecule has 0 amide bonds. The fraction of sp³-hybridized carbons (Fsp3) is 0.257. The Bertz CT molecular complexity index is 4310. The van der Waals surface area contributed by atoms with E-state index in [1.807, 2.05) is 157 Å². The van der Waals surface area contributed by atoms with E-state index < -0.39 is 0 Å². The number of nitrogens with zero attached hydrogens (tertiary/aromatic N) is 17. The first kappa shape index (κ1) is 66.4. The van der Waals surface area contributed by atoms with Gasteiger partial charge < -0.3 is 36.5 Å². The maximum Gasteiger partial charge on any atom is 0.177 e. The predicted octanol–water partition coefficient (Wildman–Crippen LogP) is 15.4. The fourth-order valence-corrected chi connectivity index (χ4v) is 10.1. The number of hydrogen-bond acceptors (Lipinski definition) is 9. The second-order valence-electron chi connectivity index (χ2n) is 22.9. The van der Waals surface area contributed by atoms with Crippen molar-refractivity contribution in [2.45, 2.75) is 90.0 Å². The fourth-order valence-electron chi connectivity index (χ4n) is 10.1. The third-order valence-electron chi connectivity index (χ3n) is 16.3. The van der Waals surface area contributed by atoms with Gasteiger partial charge in [-0.25, -0.2) is 34.9 Å². The molecule has 0 aliphatic rings. The Balaban J connectivity index is 0.000000135. The molecule has 12 heterocycles. The van der Waals surface area contributed by atoms with Gasteiger partial charge in [-0.15, -0.1) is 0 Å². The van der Waals surface area contributed by atoms with E-state index in [4.69, 9.17) is 0 Å². The number of pyridine rings is 4. The zero-order chi connectivity index (χ0) is 65.6. The van der Waals surface area contributed by atoms with Crippen LogP contribution >= 0.6 is 0 Å². The Hall–Kier alpha value is -10.6. The number of rotatable bonds is 2. The summed E-state index contributed by atoms with van der Waals surface area (Å²) in [5.41, 5.74) is 23.6.